The van der Waals surface area contributed by atoms with Gasteiger partial charge in [0.25, 0.3) is 5.91 Å². The Morgan fingerprint density at radius 1 is 1.25 bits per heavy atom. The Labute approximate surface area is 118 Å². The zero-order valence-electron chi connectivity index (χ0n) is 11.7. The predicted molar refractivity (Wildman–Crippen MR) is 79.7 cm³/mol. The molecule has 0 spiro atoms. The summed E-state index contributed by atoms with van der Waals surface area (Å²) in [6.07, 6.45) is 3.75. The van der Waals surface area contributed by atoms with E-state index in [-0.39, 0.29) is 5.91 Å². The minimum Gasteiger partial charge on any atom is -0.339 e. The van der Waals surface area contributed by atoms with Gasteiger partial charge in [0.1, 0.15) is 0 Å². The fraction of sp³-hybridized carbons (Fsp3) is 0.375. The van der Waals surface area contributed by atoms with Gasteiger partial charge in [-0.3, -0.25) is 9.78 Å². The summed E-state index contributed by atoms with van der Waals surface area (Å²) >= 11 is 0. The molecule has 0 radical (unpaired) electrons. The molecule has 4 heteroatoms. The van der Waals surface area contributed by atoms with Crippen molar-refractivity contribution in [2.45, 2.75) is 18.9 Å². The van der Waals surface area contributed by atoms with Crippen molar-refractivity contribution in [2.75, 3.05) is 20.1 Å². The second kappa shape index (κ2) is 5.59. The topological polar surface area (TPSA) is 45.2 Å². The molecule has 0 aliphatic carbocycles. The van der Waals surface area contributed by atoms with Gasteiger partial charge in [0.05, 0.1) is 11.1 Å². The molecule has 1 amide bonds. The van der Waals surface area contributed by atoms with E-state index in [9.17, 15) is 4.79 Å². The van der Waals surface area contributed by atoms with Crippen LogP contribution in [0.1, 0.15) is 23.2 Å². The number of hydrogen-bond donors (Lipinski definition) is 1. The summed E-state index contributed by atoms with van der Waals surface area (Å²) < 4.78 is 0. The minimum atomic E-state index is 0.0931. The summed E-state index contributed by atoms with van der Waals surface area (Å²) in [5.41, 5.74) is 1.62. The number of benzene rings is 1. The van der Waals surface area contributed by atoms with Crippen molar-refractivity contribution in [3.63, 3.8) is 0 Å². The van der Waals surface area contributed by atoms with E-state index in [1.54, 1.807) is 6.20 Å². The highest BCUT2D eigenvalue weighted by molar-refractivity contribution is 6.05. The maximum Gasteiger partial charge on any atom is 0.254 e. The molecule has 1 aliphatic heterocycles. The third kappa shape index (κ3) is 2.39. The molecule has 1 aliphatic rings. The first-order valence-electron chi connectivity index (χ1n) is 7.09. The van der Waals surface area contributed by atoms with E-state index in [1.165, 1.54) is 0 Å². The lowest BCUT2D eigenvalue weighted by atomic mass is 10.0. The van der Waals surface area contributed by atoms with Crippen molar-refractivity contribution in [3.05, 3.63) is 42.1 Å². The van der Waals surface area contributed by atoms with E-state index in [4.69, 9.17) is 0 Å². The molecule has 0 saturated carbocycles. The molecule has 1 saturated heterocycles. The van der Waals surface area contributed by atoms with Gasteiger partial charge < -0.3 is 10.2 Å². The number of pyridine rings is 1. The van der Waals surface area contributed by atoms with Crippen LogP contribution < -0.4 is 5.32 Å². The van der Waals surface area contributed by atoms with Gasteiger partial charge in [-0.15, -0.1) is 0 Å². The van der Waals surface area contributed by atoms with Gasteiger partial charge in [-0.2, -0.15) is 0 Å². The quantitative estimate of drug-likeness (QED) is 0.907. The van der Waals surface area contributed by atoms with Crippen LogP contribution in [0.3, 0.4) is 0 Å². The average molecular weight is 269 g/mol. The van der Waals surface area contributed by atoms with E-state index >= 15 is 0 Å². The lowest BCUT2D eigenvalue weighted by molar-refractivity contribution is 0.0705. The van der Waals surface area contributed by atoms with Crippen LogP contribution in [-0.2, 0) is 0 Å². The van der Waals surface area contributed by atoms with Gasteiger partial charge in [0.15, 0.2) is 0 Å². The molecule has 0 bridgehead atoms. The van der Waals surface area contributed by atoms with Crippen LogP contribution >= 0.6 is 0 Å². The molecule has 20 heavy (non-hydrogen) atoms. The first kappa shape index (κ1) is 13.1. The van der Waals surface area contributed by atoms with Crippen molar-refractivity contribution in [2.24, 2.45) is 0 Å². The van der Waals surface area contributed by atoms with Crippen LogP contribution in [-0.4, -0.2) is 42.0 Å². The number of para-hydroxylation sites is 1. The first-order valence-corrected chi connectivity index (χ1v) is 7.09. The maximum atomic E-state index is 12.7. The number of aromatic nitrogens is 1. The normalized spacial score (nSPS) is 16.2. The van der Waals surface area contributed by atoms with Gasteiger partial charge in [-0.1, -0.05) is 18.2 Å². The Bertz CT molecular complexity index is 615. The zero-order chi connectivity index (χ0) is 13.9. The molecule has 1 fully saturated rings. The molecular weight excluding hydrogens is 250 g/mol. The summed E-state index contributed by atoms with van der Waals surface area (Å²) in [5, 5.41) is 4.26. The Morgan fingerprint density at radius 3 is 2.80 bits per heavy atom. The number of carbonyl (C=O) groups is 1. The van der Waals surface area contributed by atoms with Crippen LogP contribution in [0.4, 0.5) is 0 Å². The molecule has 1 aromatic carbocycles. The molecule has 3 rings (SSSR count). The first-order chi connectivity index (χ1) is 9.77. The molecular formula is C16H19N3O. The second-order valence-electron chi connectivity index (χ2n) is 5.27. The molecule has 4 nitrogen and oxygen atoms in total. The second-order valence-corrected chi connectivity index (χ2v) is 5.27. The van der Waals surface area contributed by atoms with Crippen LogP contribution in [0.2, 0.25) is 0 Å². The van der Waals surface area contributed by atoms with E-state index < -0.39 is 0 Å². The van der Waals surface area contributed by atoms with Crippen LogP contribution in [0.25, 0.3) is 10.9 Å². The van der Waals surface area contributed by atoms with Crippen molar-refractivity contribution in [3.8, 4) is 0 Å². The summed E-state index contributed by atoms with van der Waals surface area (Å²) in [7, 11) is 1.91. The highest BCUT2D eigenvalue weighted by Gasteiger charge is 2.23. The number of nitrogens with one attached hydrogen (secondary N) is 1. The standard InChI is InChI=1S/C16H19N3O/c1-19(12-6-9-17-10-7-12)16(20)14-8-11-18-15-5-3-2-4-13(14)15/h2-5,8,11-12,17H,6-7,9-10H2,1H3. The third-order valence-corrected chi connectivity index (χ3v) is 4.06. The number of hydrogen-bond acceptors (Lipinski definition) is 3. The number of amides is 1. The lowest BCUT2D eigenvalue weighted by Gasteiger charge is -2.31. The van der Waals surface area contributed by atoms with E-state index in [0.29, 0.717) is 6.04 Å². The van der Waals surface area contributed by atoms with Crippen molar-refractivity contribution in [1.29, 1.82) is 0 Å². The lowest BCUT2D eigenvalue weighted by Crippen LogP contribution is -2.44. The fourth-order valence-electron chi connectivity index (χ4n) is 2.83. The Balaban J connectivity index is 1.92. The van der Waals surface area contributed by atoms with Gasteiger partial charge >= 0.3 is 0 Å². The van der Waals surface area contributed by atoms with E-state index in [2.05, 4.69) is 10.3 Å². The Kier molecular flexibility index (Phi) is 3.65. The molecule has 1 aromatic heterocycles. The smallest absolute Gasteiger partial charge is 0.254 e. The largest absolute Gasteiger partial charge is 0.339 e. The monoisotopic (exact) mass is 269 g/mol. The zero-order valence-corrected chi connectivity index (χ0v) is 11.7. The Morgan fingerprint density at radius 2 is 2.00 bits per heavy atom. The van der Waals surface area contributed by atoms with E-state index in [1.807, 2.05) is 42.3 Å². The molecule has 0 atom stereocenters. The number of fused-ring (bicyclic) bond motifs is 1. The maximum absolute atomic E-state index is 12.7. The highest BCUT2D eigenvalue weighted by atomic mass is 16.2. The van der Waals surface area contributed by atoms with Gasteiger partial charge in [0.2, 0.25) is 0 Å². The van der Waals surface area contributed by atoms with Crippen molar-refractivity contribution in [1.82, 2.24) is 15.2 Å². The molecule has 104 valence electrons. The number of piperidine rings is 1. The minimum absolute atomic E-state index is 0.0931. The van der Waals surface area contributed by atoms with Gasteiger partial charge in [-0.05, 0) is 38.1 Å². The van der Waals surface area contributed by atoms with Crippen LogP contribution in [0.15, 0.2) is 36.5 Å². The summed E-state index contributed by atoms with van der Waals surface area (Å²) in [6.45, 7) is 1.97. The van der Waals surface area contributed by atoms with Crippen LogP contribution in [0.5, 0.6) is 0 Å². The SMILES string of the molecule is CN(C(=O)c1ccnc2ccccc12)C1CCNCC1. The predicted octanol–water partition coefficient (Wildman–Crippen LogP) is 2.06. The average Bonchev–Trinajstić information content (AvgIpc) is 2.54. The Hall–Kier alpha value is -1.94. The number of carbonyl (C=O) groups excluding carboxylic acids is 1. The van der Waals surface area contributed by atoms with Gasteiger partial charge in [0, 0.05) is 24.7 Å². The molecule has 1 N–H and O–H groups in total. The summed E-state index contributed by atoms with van der Waals surface area (Å²) in [6, 6.07) is 9.95. The van der Waals surface area contributed by atoms with Crippen molar-refractivity contribution >= 4 is 16.8 Å². The third-order valence-electron chi connectivity index (χ3n) is 4.06. The molecule has 0 unspecified atom stereocenters. The summed E-state index contributed by atoms with van der Waals surface area (Å²) in [4.78, 5) is 18.9. The highest BCUT2D eigenvalue weighted by Crippen LogP contribution is 2.20. The molecule has 2 aromatic rings. The van der Waals surface area contributed by atoms with E-state index in [0.717, 1.165) is 42.4 Å². The number of nitrogens with zero attached hydrogens (tertiary/aromatic N) is 2. The summed E-state index contributed by atoms with van der Waals surface area (Å²) in [5.74, 6) is 0.0931. The van der Waals surface area contributed by atoms with Crippen LogP contribution in [0, 0.1) is 0 Å². The van der Waals surface area contributed by atoms with Crippen molar-refractivity contribution < 1.29 is 4.79 Å². The number of rotatable bonds is 2. The fourth-order valence-corrected chi connectivity index (χ4v) is 2.83. The van der Waals surface area contributed by atoms with Gasteiger partial charge in [-0.25, -0.2) is 0 Å². The molecule has 2 heterocycles.